The molecule has 0 heterocycles. The van der Waals surface area contributed by atoms with Gasteiger partial charge in [0, 0.05) is 0 Å². The molecule has 0 nitrogen and oxygen atoms in total. The zero-order chi connectivity index (χ0) is 15.4. The van der Waals surface area contributed by atoms with Gasteiger partial charge in [0.05, 0.1) is 0 Å². The molecular formula is C21H41. The number of hydrogen-bond acceptors (Lipinski definition) is 0. The van der Waals surface area contributed by atoms with E-state index in [0.29, 0.717) is 0 Å². The minimum Gasteiger partial charge on any atom is -0.0885 e. The topological polar surface area (TPSA) is 0 Å². The summed E-state index contributed by atoms with van der Waals surface area (Å²) >= 11 is 0. The summed E-state index contributed by atoms with van der Waals surface area (Å²) in [6.07, 6.45) is 28.3. The minimum absolute atomic E-state index is 1.11. The Labute approximate surface area is 135 Å². The van der Waals surface area contributed by atoms with Gasteiger partial charge < -0.3 is 0 Å². The molecule has 0 unspecified atom stereocenters. The van der Waals surface area contributed by atoms with Gasteiger partial charge in [-0.1, -0.05) is 109 Å². The van der Waals surface area contributed by atoms with Crippen LogP contribution in [0, 0.1) is 6.92 Å². The lowest BCUT2D eigenvalue weighted by molar-refractivity contribution is 0.582. The average molecular weight is 294 g/mol. The van der Waals surface area contributed by atoms with Crippen LogP contribution < -0.4 is 0 Å². The summed E-state index contributed by atoms with van der Waals surface area (Å²) in [4.78, 5) is 0. The highest BCUT2D eigenvalue weighted by Gasteiger charge is 1.91. The molecule has 0 fully saturated rings. The van der Waals surface area contributed by atoms with E-state index in [2.05, 4.69) is 26.0 Å². The van der Waals surface area contributed by atoms with E-state index in [-0.39, 0.29) is 0 Å². The van der Waals surface area contributed by atoms with E-state index < -0.39 is 0 Å². The highest BCUT2D eigenvalue weighted by atomic mass is 14.0. The molecule has 0 saturated carbocycles. The van der Waals surface area contributed by atoms with Crippen LogP contribution in [0.15, 0.2) is 12.2 Å². The molecule has 0 saturated heterocycles. The normalized spacial score (nSPS) is 11.5. The molecule has 0 aliphatic heterocycles. The average Bonchev–Trinajstić information content (AvgIpc) is 2.50. The molecule has 0 bridgehead atoms. The van der Waals surface area contributed by atoms with Gasteiger partial charge in [-0.25, -0.2) is 0 Å². The van der Waals surface area contributed by atoms with Crippen molar-refractivity contribution in [3.63, 3.8) is 0 Å². The van der Waals surface area contributed by atoms with E-state index in [1.807, 2.05) is 0 Å². The largest absolute Gasteiger partial charge is 0.0885 e. The second-order valence-corrected chi connectivity index (χ2v) is 6.50. The fourth-order valence-corrected chi connectivity index (χ4v) is 2.78. The third-order valence-corrected chi connectivity index (χ3v) is 4.26. The molecule has 0 heteroatoms. The summed E-state index contributed by atoms with van der Waals surface area (Å²) in [5.74, 6) is 0. The molecule has 0 aromatic heterocycles. The Morgan fingerprint density at radius 3 is 1.33 bits per heavy atom. The molecule has 0 aromatic carbocycles. The first kappa shape index (κ1) is 20.7. The van der Waals surface area contributed by atoms with Gasteiger partial charge in [-0.3, -0.25) is 0 Å². The highest BCUT2D eigenvalue weighted by Crippen LogP contribution is 2.11. The molecule has 21 heavy (non-hydrogen) atoms. The Kier molecular flexibility index (Phi) is 19.5. The van der Waals surface area contributed by atoms with E-state index in [0.717, 1.165) is 6.42 Å². The third kappa shape index (κ3) is 19.7. The zero-order valence-electron chi connectivity index (χ0n) is 14.9. The van der Waals surface area contributed by atoms with Crippen LogP contribution in [-0.2, 0) is 0 Å². The first-order valence-corrected chi connectivity index (χ1v) is 9.86. The summed E-state index contributed by atoms with van der Waals surface area (Å²) in [6, 6.07) is 0. The number of allylic oxidation sites excluding steroid dienone is 2. The Hall–Kier alpha value is -0.260. The summed E-state index contributed by atoms with van der Waals surface area (Å²) in [6.45, 7) is 6.18. The fourth-order valence-electron chi connectivity index (χ4n) is 2.78. The summed E-state index contributed by atoms with van der Waals surface area (Å²) in [7, 11) is 0. The van der Waals surface area contributed by atoms with E-state index in [1.54, 1.807) is 0 Å². The molecule has 0 spiro atoms. The molecule has 0 aliphatic carbocycles. The Morgan fingerprint density at radius 1 is 0.524 bits per heavy atom. The lowest BCUT2D eigenvalue weighted by Gasteiger charge is -2.00. The maximum Gasteiger partial charge on any atom is -0.0351 e. The number of unbranched alkanes of at least 4 members (excludes halogenated alkanes) is 15. The molecule has 125 valence electrons. The minimum atomic E-state index is 1.11. The summed E-state index contributed by atoms with van der Waals surface area (Å²) < 4.78 is 0. The van der Waals surface area contributed by atoms with E-state index in [1.165, 1.54) is 103 Å². The first-order valence-electron chi connectivity index (χ1n) is 9.86. The van der Waals surface area contributed by atoms with Crippen molar-refractivity contribution in [2.45, 2.75) is 116 Å². The third-order valence-electron chi connectivity index (χ3n) is 4.26. The standard InChI is InChI=1S/C21H41/c1-3-5-7-9-11-13-15-17-19-21-20-18-16-14-12-10-8-6-4-2/h20-21H,1,3-19H2,2H3/b21-20+. The molecule has 0 aromatic rings. The summed E-state index contributed by atoms with van der Waals surface area (Å²) in [5, 5.41) is 0. The van der Waals surface area contributed by atoms with Gasteiger partial charge >= 0.3 is 0 Å². The van der Waals surface area contributed by atoms with Gasteiger partial charge in [0.25, 0.3) is 0 Å². The Bertz CT molecular complexity index is 192. The van der Waals surface area contributed by atoms with Gasteiger partial charge in [0.15, 0.2) is 0 Å². The predicted octanol–water partition coefficient (Wildman–Crippen LogP) is 8.03. The van der Waals surface area contributed by atoms with Crippen molar-refractivity contribution < 1.29 is 0 Å². The Morgan fingerprint density at radius 2 is 0.905 bits per heavy atom. The molecule has 1 radical (unpaired) electrons. The maximum absolute atomic E-state index is 3.89. The second-order valence-electron chi connectivity index (χ2n) is 6.50. The molecule has 0 rings (SSSR count). The van der Waals surface area contributed by atoms with Crippen LogP contribution in [0.25, 0.3) is 0 Å². The van der Waals surface area contributed by atoms with Crippen molar-refractivity contribution in [3.05, 3.63) is 19.1 Å². The lowest BCUT2D eigenvalue weighted by atomic mass is 10.1. The van der Waals surface area contributed by atoms with Crippen molar-refractivity contribution in [1.82, 2.24) is 0 Å². The van der Waals surface area contributed by atoms with Crippen LogP contribution in [0.1, 0.15) is 116 Å². The molecule has 0 N–H and O–H groups in total. The second kappa shape index (κ2) is 19.7. The number of hydrogen-bond donors (Lipinski definition) is 0. The Balaban J connectivity index is 3.02. The highest BCUT2D eigenvalue weighted by molar-refractivity contribution is 4.81. The van der Waals surface area contributed by atoms with Crippen LogP contribution in [0.2, 0.25) is 0 Å². The van der Waals surface area contributed by atoms with Gasteiger partial charge in [-0.05, 0) is 25.7 Å². The lowest BCUT2D eigenvalue weighted by Crippen LogP contribution is -1.80. The van der Waals surface area contributed by atoms with Crippen molar-refractivity contribution in [2.24, 2.45) is 0 Å². The number of rotatable bonds is 17. The maximum atomic E-state index is 3.89. The van der Waals surface area contributed by atoms with Crippen molar-refractivity contribution in [2.75, 3.05) is 0 Å². The predicted molar refractivity (Wildman–Crippen MR) is 98.7 cm³/mol. The van der Waals surface area contributed by atoms with Gasteiger partial charge in [-0.15, -0.1) is 0 Å². The van der Waals surface area contributed by atoms with Gasteiger partial charge in [0.1, 0.15) is 0 Å². The van der Waals surface area contributed by atoms with Crippen LogP contribution >= 0.6 is 0 Å². The van der Waals surface area contributed by atoms with Crippen LogP contribution in [0.5, 0.6) is 0 Å². The quantitative estimate of drug-likeness (QED) is 0.188. The van der Waals surface area contributed by atoms with Crippen LogP contribution in [0.3, 0.4) is 0 Å². The summed E-state index contributed by atoms with van der Waals surface area (Å²) in [5.41, 5.74) is 0. The molecular weight excluding hydrogens is 252 g/mol. The van der Waals surface area contributed by atoms with Crippen molar-refractivity contribution >= 4 is 0 Å². The van der Waals surface area contributed by atoms with Crippen molar-refractivity contribution in [3.8, 4) is 0 Å². The SMILES string of the molecule is [CH2]CCCCCCCCC/C=C/CCCCCCCCC. The van der Waals surface area contributed by atoms with Crippen molar-refractivity contribution in [1.29, 1.82) is 0 Å². The van der Waals surface area contributed by atoms with E-state index in [4.69, 9.17) is 0 Å². The first-order chi connectivity index (χ1) is 10.4. The van der Waals surface area contributed by atoms with Crippen LogP contribution in [0.4, 0.5) is 0 Å². The molecule has 0 atom stereocenters. The molecule has 0 aliphatic rings. The van der Waals surface area contributed by atoms with Gasteiger partial charge in [-0.2, -0.15) is 0 Å². The fraction of sp³-hybridized carbons (Fsp3) is 0.857. The van der Waals surface area contributed by atoms with Gasteiger partial charge in [0.2, 0.25) is 0 Å². The zero-order valence-corrected chi connectivity index (χ0v) is 14.9. The van der Waals surface area contributed by atoms with E-state index in [9.17, 15) is 0 Å². The molecule has 0 amide bonds. The van der Waals surface area contributed by atoms with E-state index >= 15 is 0 Å². The smallest absolute Gasteiger partial charge is 0.0351 e. The monoisotopic (exact) mass is 293 g/mol. The van der Waals surface area contributed by atoms with Crippen LogP contribution in [-0.4, -0.2) is 0 Å².